The van der Waals surface area contributed by atoms with Crippen LogP contribution >= 0.6 is 0 Å². The van der Waals surface area contributed by atoms with Gasteiger partial charge in [-0.1, -0.05) is 18.2 Å². The summed E-state index contributed by atoms with van der Waals surface area (Å²) in [5.74, 6) is -0.379. The summed E-state index contributed by atoms with van der Waals surface area (Å²) >= 11 is 0. The van der Waals surface area contributed by atoms with Crippen LogP contribution in [-0.2, 0) is 13.1 Å². The summed E-state index contributed by atoms with van der Waals surface area (Å²) < 4.78 is 33.0. The Kier molecular flexibility index (Phi) is 5.32. The number of aromatic nitrogens is 1. The van der Waals surface area contributed by atoms with Crippen LogP contribution in [0.3, 0.4) is 0 Å². The highest BCUT2D eigenvalue weighted by Crippen LogP contribution is 2.30. The Morgan fingerprint density at radius 1 is 1.11 bits per heavy atom. The predicted octanol–water partition coefficient (Wildman–Crippen LogP) is 3.84. The van der Waals surface area contributed by atoms with Gasteiger partial charge in [0.15, 0.2) is 0 Å². The molecular formula is C22H20F2N2O2. The van der Waals surface area contributed by atoms with Crippen molar-refractivity contribution in [3.63, 3.8) is 0 Å². The van der Waals surface area contributed by atoms with E-state index in [1.165, 1.54) is 12.1 Å². The van der Waals surface area contributed by atoms with Crippen molar-refractivity contribution in [1.29, 1.82) is 0 Å². The molecule has 0 amide bonds. The second-order valence-corrected chi connectivity index (χ2v) is 6.85. The number of hydrogen-bond donors (Lipinski definition) is 1. The van der Waals surface area contributed by atoms with Crippen molar-refractivity contribution in [3.8, 4) is 5.75 Å². The Balaban J connectivity index is 1.56. The van der Waals surface area contributed by atoms with Gasteiger partial charge in [-0.15, -0.1) is 0 Å². The molecule has 4 nitrogen and oxygen atoms in total. The third kappa shape index (κ3) is 4.03. The lowest BCUT2D eigenvalue weighted by molar-refractivity contribution is 0.217. The van der Waals surface area contributed by atoms with Crippen LogP contribution in [0, 0.1) is 11.6 Å². The van der Waals surface area contributed by atoms with Gasteiger partial charge in [0.05, 0.1) is 0 Å². The zero-order chi connectivity index (χ0) is 19.5. The van der Waals surface area contributed by atoms with Gasteiger partial charge in [-0.25, -0.2) is 8.78 Å². The first-order chi connectivity index (χ1) is 13.6. The largest absolute Gasteiger partial charge is 0.492 e. The van der Waals surface area contributed by atoms with Crippen molar-refractivity contribution in [3.05, 3.63) is 94.8 Å². The molecule has 28 heavy (non-hydrogen) atoms. The molecule has 0 aliphatic carbocycles. The van der Waals surface area contributed by atoms with Gasteiger partial charge in [0, 0.05) is 54.8 Å². The van der Waals surface area contributed by atoms with E-state index in [1.54, 1.807) is 18.5 Å². The number of rotatable bonds is 4. The molecule has 1 aliphatic heterocycles. The summed E-state index contributed by atoms with van der Waals surface area (Å²) in [5.41, 5.74) is 2.81. The number of pyridine rings is 1. The Labute approximate surface area is 162 Å². The quantitative estimate of drug-likeness (QED) is 0.745. The SMILES string of the molecule is OC(c1cccnc1)c1ccc2c(c1)CN(Cc1ccc(F)cc1F)CCO2. The summed E-state index contributed by atoms with van der Waals surface area (Å²) in [6.07, 6.45) is 2.51. The zero-order valence-electron chi connectivity index (χ0n) is 15.2. The molecule has 1 atom stereocenters. The van der Waals surface area contributed by atoms with E-state index in [0.29, 0.717) is 37.4 Å². The number of aliphatic hydroxyl groups is 1. The fourth-order valence-electron chi connectivity index (χ4n) is 3.39. The highest BCUT2D eigenvalue weighted by molar-refractivity contribution is 5.41. The summed E-state index contributed by atoms with van der Waals surface area (Å²) in [6, 6.07) is 12.8. The molecule has 2 heterocycles. The fraction of sp³-hybridized carbons (Fsp3) is 0.227. The molecule has 0 fully saturated rings. The average Bonchev–Trinajstić information content (AvgIpc) is 2.91. The lowest BCUT2D eigenvalue weighted by Gasteiger charge is -2.20. The Hall–Kier alpha value is -2.83. The molecule has 0 radical (unpaired) electrons. The molecule has 1 N–H and O–H groups in total. The van der Waals surface area contributed by atoms with E-state index in [4.69, 9.17) is 4.74 Å². The van der Waals surface area contributed by atoms with Gasteiger partial charge >= 0.3 is 0 Å². The van der Waals surface area contributed by atoms with Gasteiger partial charge in [-0.05, 0) is 29.8 Å². The Morgan fingerprint density at radius 3 is 2.79 bits per heavy atom. The van der Waals surface area contributed by atoms with E-state index >= 15 is 0 Å². The molecule has 6 heteroatoms. The Morgan fingerprint density at radius 2 is 2.00 bits per heavy atom. The lowest BCUT2D eigenvalue weighted by Crippen LogP contribution is -2.25. The molecule has 4 rings (SSSR count). The van der Waals surface area contributed by atoms with Crippen molar-refractivity contribution < 1.29 is 18.6 Å². The number of aliphatic hydroxyl groups excluding tert-OH is 1. The van der Waals surface area contributed by atoms with Gasteiger partial charge < -0.3 is 9.84 Å². The summed E-state index contributed by atoms with van der Waals surface area (Å²) in [4.78, 5) is 6.10. The van der Waals surface area contributed by atoms with E-state index in [9.17, 15) is 13.9 Å². The van der Waals surface area contributed by atoms with Gasteiger partial charge in [-0.2, -0.15) is 0 Å². The molecule has 2 aromatic carbocycles. The van der Waals surface area contributed by atoms with Crippen molar-refractivity contribution in [2.45, 2.75) is 19.2 Å². The van der Waals surface area contributed by atoms with E-state index in [2.05, 4.69) is 4.98 Å². The number of hydrogen-bond acceptors (Lipinski definition) is 4. The van der Waals surface area contributed by atoms with Crippen LogP contribution in [0.2, 0.25) is 0 Å². The second-order valence-electron chi connectivity index (χ2n) is 6.85. The van der Waals surface area contributed by atoms with Crippen LogP contribution < -0.4 is 4.74 Å². The standard InChI is InChI=1S/C22H20F2N2O2/c23-19-5-3-17(20(24)11-19)13-26-8-9-28-21-6-4-15(10-18(21)14-26)22(27)16-2-1-7-25-12-16/h1-7,10-12,22,27H,8-9,13-14H2. The minimum absolute atomic E-state index is 0.351. The van der Waals surface area contributed by atoms with Crippen molar-refractivity contribution in [2.24, 2.45) is 0 Å². The van der Waals surface area contributed by atoms with Gasteiger partial charge in [0.1, 0.15) is 30.1 Å². The number of ether oxygens (including phenoxy) is 1. The van der Waals surface area contributed by atoms with Gasteiger partial charge in [-0.3, -0.25) is 9.88 Å². The maximum absolute atomic E-state index is 14.0. The van der Waals surface area contributed by atoms with Crippen LogP contribution in [0.25, 0.3) is 0 Å². The van der Waals surface area contributed by atoms with Crippen molar-refractivity contribution in [2.75, 3.05) is 13.2 Å². The Bertz CT molecular complexity index is 966. The molecule has 1 unspecified atom stereocenters. The van der Waals surface area contributed by atoms with E-state index < -0.39 is 17.7 Å². The molecular weight excluding hydrogens is 362 g/mol. The first-order valence-electron chi connectivity index (χ1n) is 9.10. The highest BCUT2D eigenvalue weighted by Gasteiger charge is 2.19. The van der Waals surface area contributed by atoms with Crippen LogP contribution in [-0.4, -0.2) is 28.1 Å². The third-order valence-electron chi connectivity index (χ3n) is 4.87. The van der Waals surface area contributed by atoms with Crippen LogP contribution in [0.1, 0.15) is 28.4 Å². The minimum atomic E-state index is -0.787. The maximum Gasteiger partial charge on any atom is 0.130 e. The van der Waals surface area contributed by atoms with Crippen molar-refractivity contribution in [1.82, 2.24) is 9.88 Å². The molecule has 0 spiro atoms. The maximum atomic E-state index is 14.0. The lowest BCUT2D eigenvalue weighted by atomic mass is 10.00. The zero-order valence-corrected chi connectivity index (χ0v) is 15.2. The molecule has 3 aromatic rings. The van der Waals surface area contributed by atoms with Gasteiger partial charge in [0.25, 0.3) is 0 Å². The highest BCUT2D eigenvalue weighted by atomic mass is 19.1. The smallest absolute Gasteiger partial charge is 0.130 e. The molecule has 0 saturated heterocycles. The number of benzene rings is 2. The number of halogens is 2. The van der Waals surface area contributed by atoms with Crippen molar-refractivity contribution >= 4 is 0 Å². The second kappa shape index (κ2) is 8.04. The molecule has 0 bridgehead atoms. The molecule has 144 valence electrons. The van der Waals surface area contributed by atoms with E-state index in [-0.39, 0.29) is 0 Å². The summed E-state index contributed by atoms with van der Waals surface area (Å²) in [5, 5.41) is 10.6. The molecule has 0 saturated carbocycles. The third-order valence-corrected chi connectivity index (χ3v) is 4.87. The van der Waals surface area contributed by atoms with Crippen LogP contribution in [0.4, 0.5) is 8.78 Å². The molecule has 1 aromatic heterocycles. The summed E-state index contributed by atoms with van der Waals surface area (Å²) in [6.45, 7) is 1.98. The van der Waals surface area contributed by atoms with Gasteiger partial charge in [0.2, 0.25) is 0 Å². The minimum Gasteiger partial charge on any atom is -0.492 e. The predicted molar refractivity (Wildman–Crippen MR) is 101 cm³/mol. The topological polar surface area (TPSA) is 45.6 Å². The first-order valence-corrected chi connectivity index (χ1v) is 9.10. The fourth-order valence-corrected chi connectivity index (χ4v) is 3.39. The number of fused-ring (bicyclic) bond motifs is 1. The number of nitrogens with zero attached hydrogens (tertiary/aromatic N) is 2. The van der Waals surface area contributed by atoms with E-state index in [0.717, 1.165) is 22.9 Å². The normalized spacial score (nSPS) is 15.4. The van der Waals surface area contributed by atoms with E-state index in [1.807, 2.05) is 29.2 Å². The first kappa shape index (κ1) is 18.5. The van der Waals surface area contributed by atoms with Crippen LogP contribution in [0.15, 0.2) is 60.9 Å². The average molecular weight is 382 g/mol. The summed E-state index contributed by atoms with van der Waals surface area (Å²) in [7, 11) is 0. The molecule has 1 aliphatic rings. The van der Waals surface area contributed by atoms with Crippen LogP contribution in [0.5, 0.6) is 5.75 Å². The monoisotopic (exact) mass is 382 g/mol.